The van der Waals surface area contributed by atoms with Gasteiger partial charge in [-0.25, -0.2) is 9.37 Å². The molecular weight excluding hydrogens is 433 g/mol. The number of nitrogens with one attached hydrogen (secondary N) is 1. The van der Waals surface area contributed by atoms with E-state index in [1.165, 1.54) is 35.2 Å². The van der Waals surface area contributed by atoms with Crippen LogP contribution in [0.25, 0.3) is 10.4 Å². The molecule has 2 unspecified atom stereocenters. The van der Waals surface area contributed by atoms with Gasteiger partial charge in [-0.05, 0) is 43.2 Å². The normalized spacial score (nSPS) is 20.5. The first-order chi connectivity index (χ1) is 15.0. The summed E-state index contributed by atoms with van der Waals surface area (Å²) >= 11 is 2.79. The Labute approximate surface area is 188 Å². The summed E-state index contributed by atoms with van der Waals surface area (Å²) in [6, 6.07) is 8.01. The van der Waals surface area contributed by atoms with E-state index in [-0.39, 0.29) is 29.7 Å². The van der Waals surface area contributed by atoms with Crippen LogP contribution in [-0.4, -0.2) is 39.4 Å². The third kappa shape index (κ3) is 4.55. The Bertz CT molecular complexity index is 1130. The van der Waals surface area contributed by atoms with Gasteiger partial charge in [0.05, 0.1) is 17.0 Å². The summed E-state index contributed by atoms with van der Waals surface area (Å²) in [7, 11) is 0. The Morgan fingerprint density at radius 2 is 2.06 bits per heavy atom. The summed E-state index contributed by atoms with van der Waals surface area (Å²) in [5.41, 5.74) is 0.916. The number of hydrogen-bond donors (Lipinski definition) is 1. The van der Waals surface area contributed by atoms with Gasteiger partial charge < -0.3 is 10.2 Å². The molecule has 3 atom stereocenters. The van der Waals surface area contributed by atoms with E-state index in [2.05, 4.69) is 21.5 Å². The molecule has 1 aromatic carbocycles. The van der Waals surface area contributed by atoms with Crippen molar-refractivity contribution >= 4 is 29.0 Å². The van der Waals surface area contributed by atoms with Gasteiger partial charge in [-0.15, -0.1) is 11.3 Å². The van der Waals surface area contributed by atoms with Crippen LogP contribution in [0.5, 0.6) is 0 Å². The SMILES string of the molecule is CC1CN(C#N)C(C)[C@@H]1NC(=O)c1ncc(-c2ccncc2Sc2ccc(F)cc2)s1. The second-order valence-corrected chi connectivity index (χ2v) is 9.57. The second-order valence-electron chi connectivity index (χ2n) is 7.43. The minimum Gasteiger partial charge on any atom is -0.345 e. The molecule has 1 N–H and O–H groups in total. The van der Waals surface area contributed by atoms with Crippen molar-refractivity contribution in [1.82, 2.24) is 20.2 Å². The molecule has 4 rings (SSSR count). The Balaban J connectivity index is 1.52. The molecule has 3 aromatic rings. The fourth-order valence-electron chi connectivity index (χ4n) is 3.67. The maximum Gasteiger partial charge on any atom is 0.280 e. The van der Waals surface area contributed by atoms with Gasteiger partial charge >= 0.3 is 0 Å². The molecule has 0 aliphatic carbocycles. The van der Waals surface area contributed by atoms with Crippen LogP contribution in [0.4, 0.5) is 4.39 Å². The molecule has 2 aromatic heterocycles. The first-order valence-electron chi connectivity index (χ1n) is 9.77. The van der Waals surface area contributed by atoms with E-state index in [0.29, 0.717) is 11.6 Å². The molecule has 31 heavy (non-hydrogen) atoms. The number of rotatable bonds is 5. The highest BCUT2D eigenvalue weighted by atomic mass is 32.2. The quantitative estimate of drug-likeness (QED) is 0.576. The number of nitrogens with zero attached hydrogens (tertiary/aromatic N) is 4. The lowest BCUT2D eigenvalue weighted by molar-refractivity contribution is 0.0923. The van der Waals surface area contributed by atoms with Crippen molar-refractivity contribution in [1.29, 1.82) is 5.26 Å². The highest BCUT2D eigenvalue weighted by molar-refractivity contribution is 7.99. The van der Waals surface area contributed by atoms with Crippen LogP contribution < -0.4 is 5.32 Å². The van der Waals surface area contributed by atoms with Crippen LogP contribution in [0.2, 0.25) is 0 Å². The van der Waals surface area contributed by atoms with Crippen molar-refractivity contribution in [2.45, 2.75) is 35.7 Å². The summed E-state index contributed by atoms with van der Waals surface area (Å²) in [6.45, 7) is 4.61. The van der Waals surface area contributed by atoms with E-state index in [1.54, 1.807) is 35.6 Å². The predicted molar refractivity (Wildman–Crippen MR) is 118 cm³/mol. The zero-order chi connectivity index (χ0) is 22.0. The molecule has 3 heterocycles. The third-order valence-electron chi connectivity index (χ3n) is 5.33. The number of nitriles is 1. The molecule has 158 valence electrons. The van der Waals surface area contributed by atoms with E-state index in [1.807, 2.05) is 19.9 Å². The molecule has 1 aliphatic heterocycles. The summed E-state index contributed by atoms with van der Waals surface area (Å²) in [6.07, 6.45) is 7.32. The first-order valence-corrected chi connectivity index (χ1v) is 11.4. The van der Waals surface area contributed by atoms with Gasteiger partial charge in [0.2, 0.25) is 0 Å². The summed E-state index contributed by atoms with van der Waals surface area (Å²) < 4.78 is 13.2. The summed E-state index contributed by atoms with van der Waals surface area (Å²) in [5.74, 6) is -0.337. The molecule has 0 radical (unpaired) electrons. The fraction of sp³-hybridized carbons (Fsp3) is 0.273. The topological polar surface area (TPSA) is 81.9 Å². The van der Waals surface area contributed by atoms with Crippen LogP contribution in [0.3, 0.4) is 0 Å². The molecule has 0 saturated carbocycles. The molecular formula is C22H20FN5OS2. The highest BCUT2D eigenvalue weighted by Gasteiger charge is 2.37. The van der Waals surface area contributed by atoms with Gasteiger partial charge in [0.1, 0.15) is 5.82 Å². The van der Waals surface area contributed by atoms with E-state index in [9.17, 15) is 14.4 Å². The average molecular weight is 454 g/mol. The van der Waals surface area contributed by atoms with Crippen molar-refractivity contribution in [3.63, 3.8) is 0 Å². The molecule has 9 heteroatoms. The van der Waals surface area contributed by atoms with Crippen LogP contribution in [-0.2, 0) is 0 Å². The van der Waals surface area contributed by atoms with Gasteiger partial charge in [0, 0.05) is 40.5 Å². The average Bonchev–Trinajstić information content (AvgIpc) is 3.36. The standard InChI is InChI=1S/C22H20FN5OS2/c1-13-11-28(12-24)14(2)20(13)27-21(29)22-26-10-19(31-22)17-7-8-25-9-18(17)30-16-5-3-15(23)4-6-16/h3-10,13-14,20H,11H2,1-2H3,(H,27,29)/t13?,14?,20-/m1/s1. The van der Waals surface area contributed by atoms with Crippen LogP contribution in [0.1, 0.15) is 23.6 Å². The number of amides is 1. The van der Waals surface area contributed by atoms with Gasteiger partial charge in [0.15, 0.2) is 11.2 Å². The second kappa shape index (κ2) is 9.04. The number of carbonyl (C=O) groups is 1. The van der Waals surface area contributed by atoms with Crippen molar-refractivity contribution < 1.29 is 9.18 Å². The number of hydrogen-bond acceptors (Lipinski definition) is 7. The molecule has 0 bridgehead atoms. The molecule has 1 fully saturated rings. The van der Waals surface area contributed by atoms with Gasteiger partial charge in [-0.3, -0.25) is 9.78 Å². The Hall–Kier alpha value is -2.96. The Morgan fingerprint density at radius 3 is 2.77 bits per heavy atom. The summed E-state index contributed by atoms with van der Waals surface area (Å²) in [5, 5.41) is 12.6. The Morgan fingerprint density at radius 1 is 1.29 bits per heavy atom. The van der Waals surface area contributed by atoms with Crippen LogP contribution in [0.15, 0.2) is 58.7 Å². The van der Waals surface area contributed by atoms with E-state index < -0.39 is 0 Å². The number of aromatic nitrogens is 2. The van der Waals surface area contributed by atoms with Crippen LogP contribution >= 0.6 is 23.1 Å². The smallest absolute Gasteiger partial charge is 0.280 e. The minimum absolute atomic E-state index is 0.0534. The molecule has 1 saturated heterocycles. The minimum atomic E-state index is -0.280. The number of likely N-dealkylation sites (tertiary alicyclic amines) is 1. The first kappa shape index (κ1) is 21.3. The van der Waals surface area contributed by atoms with Crippen molar-refractivity contribution in [2.75, 3.05) is 6.54 Å². The number of halogens is 1. The molecule has 1 aliphatic rings. The van der Waals surface area contributed by atoms with Crippen molar-refractivity contribution in [3.8, 4) is 16.6 Å². The monoisotopic (exact) mass is 453 g/mol. The fourth-order valence-corrected chi connectivity index (χ4v) is 5.52. The highest BCUT2D eigenvalue weighted by Crippen LogP contribution is 2.37. The summed E-state index contributed by atoms with van der Waals surface area (Å²) in [4.78, 5) is 25.7. The lowest BCUT2D eigenvalue weighted by atomic mass is 10.0. The van der Waals surface area contributed by atoms with Gasteiger partial charge in [-0.2, -0.15) is 5.26 Å². The maximum atomic E-state index is 13.2. The molecule has 1 amide bonds. The van der Waals surface area contributed by atoms with E-state index in [4.69, 9.17) is 0 Å². The van der Waals surface area contributed by atoms with Crippen LogP contribution in [0, 0.1) is 23.2 Å². The van der Waals surface area contributed by atoms with E-state index in [0.717, 1.165) is 20.2 Å². The van der Waals surface area contributed by atoms with E-state index >= 15 is 0 Å². The lowest BCUT2D eigenvalue weighted by Crippen LogP contribution is -2.44. The third-order valence-corrected chi connectivity index (χ3v) is 7.41. The number of pyridine rings is 1. The van der Waals surface area contributed by atoms with Crippen molar-refractivity contribution in [3.05, 3.63) is 59.7 Å². The lowest BCUT2D eigenvalue weighted by Gasteiger charge is -2.21. The Kier molecular flexibility index (Phi) is 6.20. The number of carbonyl (C=O) groups excluding carboxylic acids is 1. The molecule has 0 spiro atoms. The number of thiazole rings is 1. The molecule has 6 nitrogen and oxygen atoms in total. The number of benzene rings is 1. The van der Waals surface area contributed by atoms with Gasteiger partial charge in [0.25, 0.3) is 5.91 Å². The zero-order valence-corrected chi connectivity index (χ0v) is 18.6. The van der Waals surface area contributed by atoms with Crippen molar-refractivity contribution in [2.24, 2.45) is 5.92 Å². The largest absolute Gasteiger partial charge is 0.345 e. The zero-order valence-electron chi connectivity index (χ0n) is 16.9. The maximum absolute atomic E-state index is 13.2. The van der Waals surface area contributed by atoms with Gasteiger partial charge in [-0.1, -0.05) is 18.7 Å². The predicted octanol–water partition coefficient (Wildman–Crippen LogP) is 4.42.